The van der Waals surface area contributed by atoms with Crippen LogP contribution < -0.4 is 0 Å². The second-order valence-electron chi connectivity index (χ2n) is 5.08. The number of aromatic nitrogens is 5. The van der Waals surface area contributed by atoms with Crippen LogP contribution in [-0.2, 0) is 0 Å². The molecule has 8 heteroatoms. The molecular formula is C16H13N5OS2. The van der Waals surface area contributed by atoms with Gasteiger partial charge in [0.25, 0.3) is 0 Å². The highest BCUT2D eigenvalue weighted by Gasteiger charge is 2.20. The predicted molar refractivity (Wildman–Crippen MR) is 92.6 cm³/mol. The van der Waals surface area contributed by atoms with Crippen molar-refractivity contribution >= 4 is 23.3 Å². The first-order valence-corrected chi connectivity index (χ1v) is 8.85. The van der Waals surface area contributed by atoms with E-state index in [1.54, 1.807) is 6.26 Å². The molecule has 0 fully saturated rings. The lowest BCUT2D eigenvalue weighted by Crippen LogP contribution is -1.99. The summed E-state index contributed by atoms with van der Waals surface area (Å²) < 4.78 is 12.5. The van der Waals surface area contributed by atoms with Gasteiger partial charge in [-0.2, -0.15) is 4.37 Å². The van der Waals surface area contributed by atoms with Crippen molar-refractivity contribution in [1.82, 2.24) is 24.1 Å². The molecule has 24 heavy (non-hydrogen) atoms. The van der Waals surface area contributed by atoms with E-state index in [9.17, 15) is 0 Å². The van der Waals surface area contributed by atoms with E-state index in [4.69, 9.17) is 4.42 Å². The quantitative estimate of drug-likeness (QED) is 0.548. The van der Waals surface area contributed by atoms with Crippen LogP contribution >= 0.6 is 23.3 Å². The fraction of sp³-hybridized carbons (Fsp3) is 0.125. The lowest BCUT2D eigenvalue weighted by Gasteiger charge is -2.08. The number of nitrogens with zero attached hydrogens (tertiary/aromatic N) is 5. The fourth-order valence-electron chi connectivity index (χ4n) is 2.33. The van der Waals surface area contributed by atoms with Crippen LogP contribution in [-0.4, -0.2) is 24.1 Å². The van der Waals surface area contributed by atoms with E-state index in [0.717, 1.165) is 38.2 Å². The van der Waals surface area contributed by atoms with Gasteiger partial charge < -0.3 is 4.42 Å². The summed E-state index contributed by atoms with van der Waals surface area (Å²) in [5.74, 6) is 2.32. The number of aryl methyl sites for hydroxylation is 2. The summed E-state index contributed by atoms with van der Waals surface area (Å²) in [4.78, 5) is 4.40. The van der Waals surface area contributed by atoms with E-state index in [-0.39, 0.29) is 0 Å². The third-order valence-electron chi connectivity index (χ3n) is 3.44. The number of hydrogen-bond acceptors (Lipinski definition) is 7. The first-order chi connectivity index (χ1) is 11.7. The van der Waals surface area contributed by atoms with Gasteiger partial charge in [0.1, 0.15) is 11.6 Å². The molecule has 4 aromatic rings. The average molecular weight is 355 g/mol. The van der Waals surface area contributed by atoms with Crippen LogP contribution in [0.5, 0.6) is 0 Å². The minimum Gasteiger partial charge on any atom is -0.469 e. The average Bonchev–Trinajstić information content (AvgIpc) is 3.29. The van der Waals surface area contributed by atoms with Gasteiger partial charge in [0, 0.05) is 5.69 Å². The van der Waals surface area contributed by atoms with Crippen molar-refractivity contribution in [3.05, 3.63) is 54.2 Å². The summed E-state index contributed by atoms with van der Waals surface area (Å²) in [6.45, 7) is 3.79. The number of para-hydroxylation sites is 1. The van der Waals surface area contributed by atoms with E-state index in [2.05, 4.69) is 19.6 Å². The molecule has 0 radical (unpaired) electrons. The van der Waals surface area contributed by atoms with E-state index in [1.165, 1.54) is 23.3 Å². The summed E-state index contributed by atoms with van der Waals surface area (Å²) in [5, 5.41) is 9.50. The fourth-order valence-corrected chi connectivity index (χ4v) is 3.94. The molecular weight excluding hydrogens is 342 g/mol. The van der Waals surface area contributed by atoms with Gasteiger partial charge in [-0.15, -0.1) is 10.2 Å². The van der Waals surface area contributed by atoms with Gasteiger partial charge in [-0.1, -0.05) is 18.2 Å². The maximum Gasteiger partial charge on any atom is 0.203 e. The largest absolute Gasteiger partial charge is 0.469 e. The van der Waals surface area contributed by atoms with E-state index < -0.39 is 0 Å². The molecule has 0 aliphatic rings. The highest BCUT2D eigenvalue weighted by atomic mass is 32.2. The molecule has 0 amide bonds. The zero-order valence-electron chi connectivity index (χ0n) is 13.0. The Kier molecular flexibility index (Phi) is 3.91. The molecule has 0 aliphatic heterocycles. The predicted octanol–water partition coefficient (Wildman–Crippen LogP) is 4.15. The first kappa shape index (κ1) is 15.1. The van der Waals surface area contributed by atoms with Crippen LogP contribution in [0.2, 0.25) is 0 Å². The molecule has 0 atom stereocenters. The Balaban J connectivity index is 1.85. The van der Waals surface area contributed by atoms with Gasteiger partial charge >= 0.3 is 0 Å². The Morgan fingerprint density at radius 1 is 1.08 bits per heavy atom. The van der Waals surface area contributed by atoms with Crippen LogP contribution in [0, 0.1) is 13.8 Å². The standard InChI is InChI=1S/C16H13N5OS2/c1-10-13(8-9-22-10)14-18-19-15(23-16-17-11(2)20-24-16)21(14)12-6-4-3-5-7-12/h3-9H,1-2H3. The lowest BCUT2D eigenvalue weighted by molar-refractivity contribution is 0.535. The number of rotatable bonds is 4. The summed E-state index contributed by atoms with van der Waals surface area (Å²) in [7, 11) is 0. The number of furan rings is 1. The van der Waals surface area contributed by atoms with Gasteiger partial charge in [0.15, 0.2) is 10.2 Å². The van der Waals surface area contributed by atoms with E-state index in [0.29, 0.717) is 0 Å². The third-order valence-corrected chi connectivity index (χ3v) is 5.22. The highest BCUT2D eigenvalue weighted by Crippen LogP contribution is 2.34. The Bertz CT molecular complexity index is 973. The van der Waals surface area contributed by atoms with E-state index >= 15 is 0 Å². The molecule has 6 nitrogen and oxygen atoms in total. The van der Waals surface area contributed by atoms with Gasteiger partial charge in [0.05, 0.1) is 11.8 Å². The zero-order valence-corrected chi connectivity index (χ0v) is 14.6. The minimum absolute atomic E-state index is 0.743. The molecule has 0 spiro atoms. The smallest absolute Gasteiger partial charge is 0.203 e. The van der Waals surface area contributed by atoms with Crippen LogP contribution in [0.3, 0.4) is 0 Å². The Hall–Kier alpha value is -2.45. The SMILES string of the molecule is Cc1nsc(Sc2nnc(-c3ccoc3C)n2-c2ccccc2)n1. The van der Waals surface area contributed by atoms with Gasteiger partial charge in [-0.25, -0.2) is 4.98 Å². The summed E-state index contributed by atoms with van der Waals surface area (Å²) >= 11 is 2.82. The Morgan fingerprint density at radius 2 is 1.92 bits per heavy atom. The van der Waals surface area contributed by atoms with Crippen molar-refractivity contribution in [1.29, 1.82) is 0 Å². The summed E-state index contributed by atoms with van der Waals surface area (Å²) in [6.07, 6.45) is 1.66. The van der Waals surface area contributed by atoms with Crippen LogP contribution in [0.1, 0.15) is 11.6 Å². The summed E-state index contributed by atoms with van der Waals surface area (Å²) in [6, 6.07) is 11.9. The maximum absolute atomic E-state index is 5.43. The maximum atomic E-state index is 5.43. The minimum atomic E-state index is 0.743. The van der Waals surface area contributed by atoms with Gasteiger partial charge in [-0.3, -0.25) is 4.57 Å². The molecule has 0 aliphatic carbocycles. The van der Waals surface area contributed by atoms with Crippen LogP contribution in [0.4, 0.5) is 0 Å². The molecule has 0 unspecified atom stereocenters. The van der Waals surface area contributed by atoms with E-state index in [1.807, 2.05) is 54.8 Å². The molecule has 3 heterocycles. The molecule has 3 aromatic heterocycles. The van der Waals surface area contributed by atoms with Crippen LogP contribution in [0.15, 0.2) is 56.6 Å². The van der Waals surface area contributed by atoms with Gasteiger partial charge in [-0.05, 0) is 55.3 Å². The molecule has 0 saturated heterocycles. The molecule has 120 valence electrons. The van der Waals surface area contributed by atoms with Crippen molar-refractivity contribution in [3.8, 4) is 17.1 Å². The molecule has 0 saturated carbocycles. The molecule has 0 bridgehead atoms. The van der Waals surface area contributed by atoms with Crippen molar-refractivity contribution in [2.24, 2.45) is 0 Å². The van der Waals surface area contributed by atoms with Crippen molar-refractivity contribution in [3.63, 3.8) is 0 Å². The molecule has 1 aromatic carbocycles. The van der Waals surface area contributed by atoms with Crippen LogP contribution in [0.25, 0.3) is 17.1 Å². The third kappa shape index (κ3) is 2.74. The zero-order chi connectivity index (χ0) is 16.5. The monoisotopic (exact) mass is 355 g/mol. The first-order valence-electron chi connectivity index (χ1n) is 7.26. The van der Waals surface area contributed by atoms with Crippen molar-refractivity contribution in [2.75, 3.05) is 0 Å². The second-order valence-corrected chi connectivity index (χ2v) is 7.04. The Labute approximate surface area is 146 Å². The Morgan fingerprint density at radius 3 is 2.58 bits per heavy atom. The van der Waals surface area contributed by atoms with Crippen molar-refractivity contribution < 1.29 is 4.42 Å². The lowest BCUT2D eigenvalue weighted by atomic mass is 10.2. The number of hydrogen-bond donors (Lipinski definition) is 0. The second kappa shape index (κ2) is 6.21. The topological polar surface area (TPSA) is 69.6 Å². The normalized spacial score (nSPS) is 11.1. The molecule has 4 rings (SSSR count). The van der Waals surface area contributed by atoms with Gasteiger partial charge in [0.2, 0.25) is 5.16 Å². The highest BCUT2D eigenvalue weighted by molar-refractivity contribution is 8.00. The number of benzene rings is 1. The molecule has 0 N–H and O–H groups in total. The van der Waals surface area contributed by atoms with Crippen molar-refractivity contribution in [2.45, 2.75) is 23.3 Å². The summed E-state index contributed by atoms with van der Waals surface area (Å²) in [5.41, 5.74) is 1.91.